The van der Waals surface area contributed by atoms with Crippen molar-refractivity contribution in [2.75, 3.05) is 4.90 Å². The molecule has 6 heteroatoms. The van der Waals surface area contributed by atoms with Crippen molar-refractivity contribution in [3.05, 3.63) is 68.4 Å². The number of thioether (sulfide) groups is 1. The van der Waals surface area contributed by atoms with E-state index in [1.54, 1.807) is 24.3 Å². The maximum atomic E-state index is 13.9. The summed E-state index contributed by atoms with van der Waals surface area (Å²) < 4.78 is 15.4. The summed E-state index contributed by atoms with van der Waals surface area (Å²) in [6, 6.07) is 13.9. The van der Waals surface area contributed by atoms with Gasteiger partial charge in [0.05, 0.1) is 10.6 Å². The maximum Gasteiger partial charge on any atom is 0.270 e. The van der Waals surface area contributed by atoms with E-state index >= 15 is 0 Å². The van der Waals surface area contributed by atoms with Crippen molar-refractivity contribution in [2.24, 2.45) is 0 Å². The number of benzene rings is 2. The minimum Gasteiger partial charge on any atom is -0.268 e. The Kier molecular flexibility index (Phi) is 4.60. The Morgan fingerprint density at radius 3 is 2.50 bits per heavy atom. The zero-order chi connectivity index (χ0) is 15.7. The molecule has 2 aromatic rings. The van der Waals surface area contributed by atoms with Crippen molar-refractivity contribution >= 4 is 68.6 Å². The highest BCUT2D eigenvalue weighted by molar-refractivity contribution is 14.1. The van der Waals surface area contributed by atoms with Gasteiger partial charge in [0.15, 0.2) is 4.32 Å². The van der Waals surface area contributed by atoms with E-state index in [0.717, 1.165) is 9.13 Å². The smallest absolute Gasteiger partial charge is 0.268 e. The lowest BCUT2D eigenvalue weighted by Gasteiger charge is -2.14. The number of carbonyl (C=O) groups excluding carboxylic acids is 1. The number of thiocarbonyl (C=S) groups is 1. The fourth-order valence-corrected chi connectivity index (χ4v) is 3.66. The van der Waals surface area contributed by atoms with Crippen molar-refractivity contribution in [2.45, 2.75) is 0 Å². The fourth-order valence-electron chi connectivity index (χ4n) is 2.02. The lowest BCUT2D eigenvalue weighted by atomic mass is 10.2. The average Bonchev–Trinajstić information content (AvgIpc) is 2.77. The van der Waals surface area contributed by atoms with Gasteiger partial charge in [-0.1, -0.05) is 48.2 Å². The monoisotopic (exact) mass is 441 g/mol. The van der Waals surface area contributed by atoms with E-state index in [1.165, 1.54) is 22.7 Å². The largest absolute Gasteiger partial charge is 0.270 e. The molecule has 0 aromatic heterocycles. The lowest BCUT2D eigenvalue weighted by Crippen LogP contribution is -2.28. The highest BCUT2D eigenvalue weighted by Gasteiger charge is 2.34. The first-order valence-electron chi connectivity index (χ1n) is 6.34. The third kappa shape index (κ3) is 3.09. The van der Waals surface area contributed by atoms with Crippen molar-refractivity contribution in [1.82, 2.24) is 0 Å². The molecular weight excluding hydrogens is 432 g/mol. The van der Waals surface area contributed by atoms with Gasteiger partial charge < -0.3 is 0 Å². The minimum atomic E-state index is -0.464. The van der Waals surface area contributed by atoms with E-state index < -0.39 is 5.82 Å². The second-order valence-corrected chi connectivity index (χ2v) is 7.44. The third-order valence-electron chi connectivity index (χ3n) is 3.05. The van der Waals surface area contributed by atoms with E-state index in [1.807, 2.05) is 24.3 Å². The van der Waals surface area contributed by atoms with Gasteiger partial charge in [-0.15, -0.1) is 0 Å². The molecule has 0 aliphatic carbocycles. The van der Waals surface area contributed by atoms with E-state index in [2.05, 4.69) is 22.6 Å². The SMILES string of the molecule is O=C1/C(=C\c2ccc(I)cc2)SC(=S)N1c1ccccc1F. The summed E-state index contributed by atoms with van der Waals surface area (Å²) in [4.78, 5) is 14.3. The molecule has 2 aromatic carbocycles. The summed E-state index contributed by atoms with van der Waals surface area (Å²) in [5.74, 6) is -0.757. The topological polar surface area (TPSA) is 20.3 Å². The quantitative estimate of drug-likeness (QED) is 0.378. The van der Waals surface area contributed by atoms with Gasteiger partial charge in [-0.25, -0.2) is 4.39 Å². The maximum absolute atomic E-state index is 13.9. The number of rotatable bonds is 2. The summed E-state index contributed by atoms with van der Waals surface area (Å²) in [7, 11) is 0. The van der Waals surface area contributed by atoms with Gasteiger partial charge in [0.2, 0.25) is 0 Å². The molecule has 1 saturated heterocycles. The molecule has 1 heterocycles. The van der Waals surface area contributed by atoms with Crippen LogP contribution in [0.25, 0.3) is 6.08 Å². The van der Waals surface area contributed by atoms with Crippen LogP contribution in [0.2, 0.25) is 0 Å². The molecular formula is C16H9FINOS2. The van der Waals surface area contributed by atoms with Gasteiger partial charge in [-0.2, -0.15) is 0 Å². The Morgan fingerprint density at radius 2 is 1.82 bits per heavy atom. The second-order valence-electron chi connectivity index (χ2n) is 4.52. The lowest BCUT2D eigenvalue weighted by molar-refractivity contribution is -0.113. The molecule has 0 radical (unpaired) electrons. The fraction of sp³-hybridized carbons (Fsp3) is 0. The second kappa shape index (κ2) is 6.47. The number of hydrogen-bond donors (Lipinski definition) is 0. The van der Waals surface area contributed by atoms with Gasteiger partial charge in [-0.3, -0.25) is 9.69 Å². The van der Waals surface area contributed by atoms with Crippen LogP contribution in [0, 0.1) is 9.39 Å². The van der Waals surface area contributed by atoms with Crippen LogP contribution >= 0.6 is 46.6 Å². The van der Waals surface area contributed by atoms with Crippen LogP contribution < -0.4 is 4.90 Å². The van der Waals surface area contributed by atoms with Crippen LogP contribution in [0.3, 0.4) is 0 Å². The standard InChI is InChI=1S/C16H9FINOS2/c17-12-3-1-2-4-13(12)19-15(20)14(22-16(19)21)9-10-5-7-11(18)8-6-10/h1-9H/b14-9+. The van der Waals surface area contributed by atoms with Gasteiger partial charge in [0.25, 0.3) is 5.91 Å². The van der Waals surface area contributed by atoms with Gasteiger partial charge in [0, 0.05) is 3.57 Å². The molecule has 0 bridgehead atoms. The van der Waals surface area contributed by atoms with Gasteiger partial charge >= 0.3 is 0 Å². The molecule has 0 spiro atoms. The van der Waals surface area contributed by atoms with Crippen molar-refractivity contribution in [3.63, 3.8) is 0 Å². The normalized spacial score (nSPS) is 16.6. The van der Waals surface area contributed by atoms with Crippen LogP contribution in [0.5, 0.6) is 0 Å². The summed E-state index contributed by atoms with van der Waals surface area (Å²) in [6.45, 7) is 0. The summed E-state index contributed by atoms with van der Waals surface area (Å²) >= 11 is 8.64. The zero-order valence-corrected chi connectivity index (χ0v) is 14.9. The Bertz CT molecular complexity index is 789. The summed E-state index contributed by atoms with van der Waals surface area (Å²) in [5, 5.41) is 0. The molecule has 22 heavy (non-hydrogen) atoms. The van der Waals surface area contributed by atoms with Crippen molar-refractivity contribution in [3.8, 4) is 0 Å². The zero-order valence-electron chi connectivity index (χ0n) is 11.1. The van der Waals surface area contributed by atoms with E-state index in [9.17, 15) is 9.18 Å². The number of para-hydroxylation sites is 1. The van der Waals surface area contributed by atoms with Crippen LogP contribution in [0.4, 0.5) is 10.1 Å². The molecule has 1 aliphatic heterocycles. The highest BCUT2D eigenvalue weighted by atomic mass is 127. The van der Waals surface area contributed by atoms with E-state index in [0.29, 0.717) is 9.23 Å². The van der Waals surface area contributed by atoms with E-state index in [4.69, 9.17) is 12.2 Å². The molecule has 1 amide bonds. The van der Waals surface area contributed by atoms with Crippen LogP contribution in [-0.4, -0.2) is 10.2 Å². The Labute approximate surface area is 150 Å². The molecule has 1 fully saturated rings. The molecule has 0 atom stereocenters. The summed E-state index contributed by atoms with van der Waals surface area (Å²) in [6.07, 6.45) is 1.77. The highest BCUT2D eigenvalue weighted by Crippen LogP contribution is 2.36. The Balaban J connectivity index is 1.95. The Morgan fingerprint density at radius 1 is 1.14 bits per heavy atom. The Hall–Kier alpha value is -1.25. The summed E-state index contributed by atoms with van der Waals surface area (Å²) in [5.41, 5.74) is 1.10. The first-order chi connectivity index (χ1) is 10.6. The molecule has 0 unspecified atom stereocenters. The number of halogens is 2. The number of carbonyl (C=O) groups is 1. The molecule has 2 nitrogen and oxygen atoms in total. The van der Waals surface area contributed by atoms with Crippen LogP contribution in [0.1, 0.15) is 5.56 Å². The predicted octanol–water partition coefficient (Wildman–Crippen LogP) is 4.84. The van der Waals surface area contributed by atoms with Gasteiger partial charge in [-0.05, 0) is 58.5 Å². The molecule has 0 saturated carbocycles. The van der Waals surface area contributed by atoms with Gasteiger partial charge in [0.1, 0.15) is 5.82 Å². The number of amides is 1. The predicted molar refractivity (Wildman–Crippen MR) is 101 cm³/mol. The first-order valence-corrected chi connectivity index (χ1v) is 8.64. The average molecular weight is 441 g/mol. The molecule has 1 aliphatic rings. The molecule has 0 N–H and O–H groups in total. The van der Waals surface area contributed by atoms with Crippen molar-refractivity contribution < 1.29 is 9.18 Å². The molecule has 110 valence electrons. The first kappa shape index (κ1) is 15.6. The molecule has 3 rings (SSSR count). The minimum absolute atomic E-state index is 0.191. The number of hydrogen-bond acceptors (Lipinski definition) is 3. The van der Waals surface area contributed by atoms with Crippen molar-refractivity contribution in [1.29, 1.82) is 0 Å². The van der Waals surface area contributed by atoms with E-state index in [-0.39, 0.29) is 11.6 Å². The van der Waals surface area contributed by atoms with Crippen LogP contribution in [0.15, 0.2) is 53.4 Å². The third-order valence-corrected chi connectivity index (χ3v) is 5.08. The van der Waals surface area contributed by atoms with Crippen LogP contribution in [-0.2, 0) is 4.79 Å². The number of nitrogens with zero attached hydrogens (tertiary/aromatic N) is 1. The number of anilines is 1.